The molecule has 0 aliphatic heterocycles. The average Bonchev–Trinajstić information content (AvgIpc) is 2.70. The van der Waals surface area contributed by atoms with E-state index in [1.54, 1.807) is 49.6 Å². The van der Waals surface area contributed by atoms with Crippen molar-refractivity contribution in [3.05, 3.63) is 58.1 Å². The zero-order chi connectivity index (χ0) is 21.4. The van der Waals surface area contributed by atoms with Gasteiger partial charge in [0.15, 0.2) is 5.11 Å². The molecule has 0 saturated carbocycles. The summed E-state index contributed by atoms with van der Waals surface area (Å²) in [7, 11) is 1.54. The van der Waals surface area contributed by atoms with Gasteiger partial charge in [-0.2, -0.15) is 0 Å². The van der Waals surface area contributed by atoms with Gasteiger partial charge in [0.25, 0.3) is 11.8 Å². The van der Waals surface area contributed by atoms with Crippen LogP contribution in [0.2, 0.25) is 0 Å². The number of halogens is 1. The van der Waals surface area contributed by atoms with Gasteiger partial charge in [0.05, 0.1) is 18.2 Å². The van der Waals surface area contributed by atoms with Crippen LogP contribution < -0.4 is 25.6 Å². The summed E-state index contributed by atoms with van der Waals surface area (Å²) in [5.41, 5.74) is 5.73. The number of hydrazine groups is 1. The summed E-state index contributed by atoms with van der Waals surface area (Å²) in [6, 6.07) is 11.5. The van der Waals surface area contributed by atoms with Gasteiger partial charge in [-0.1, -0.05) is 13.8 Å². The Morgan fingerprint density at radius 3 is 2.28 bits per heavy atom. The minimum atomic E-state index is -0.419. The lowest BCUT2D eigenvalue weighted by Crippen LogP contribution is -2.48. The number of nitrogens with one attached hydrogen (secondary N) is 3. The molecule has 0 aliphatic rings. The predicted molar refractivity (Wildman–Crippen MR) is 118 cm³/mol. The van der Waals surface area contributed by atoms with E-state index in [1.807, 2.05) is 0 Å². The second-order valence-corrected chi connectivity index (χ2v) is 7.70. The Labute approximate surface area is 183 Å². The summed E-state index contributed by atoms with van der Waals surface area (Å²) in [5, 5.41) is 2.47. The molecule has 7 nitrogen and oxygen atoms in total. The fraction of sp³-hybridized carbons (Fsp3) is 0.250. The highest BCUT2D eigenvalue weighted by Crippen LogP contribution is 2.26. The zero-order valence-corrected chi connectivity index (χ0v) is 18.6. The van der Waals surface area contributed by atoms with E-state index in [0.717, 1.165) is 0 Å². The number of carbonyl (C=O) groups is 2. The van der Waals surface area contributed by atoms with Crippen molar-refractivity contribution >= 4 is 45.1 Å². The van der Waals surface area contributed by atoms with Crippen LogP contribution in [0.3, 0.4) is 0 Å². The summed E-state index contributed by atoms with van der Waals surface area (Å²) in [6.07, 6.45) is 0. The second kappa shape index (κ2) is 10.8. The normalized spacial score (nSPS) is 10.2. The minimum Gasteiger partial charge on any atom is -0.497 e. The van der Waals surface area contributed by atoms with Crippen molar-refractivity contribution in [3.63, 3.8) is 0 Å². The van der Waals surface area contributed by atoms with Gasteiger partial charge < -0.3 is 9.47 Å². The Bertz CT molecular complexity index is 888. The fourth-order valence-electron chi connectivity index (χ4n) is 2.15. The number of benzene rings is 2. The second-order valence-electron chi connectivity index (χ2n) is 6.44. The van der Waals surface area contributed by atoms with Crippen LogP contribution in [0.25, 0.3) is 0 Å². The van der Waals surface area contributed by atoms with Crippen LogP contribution in [0.4, 0.5) is 0 Å². The Kier molecular flexibility index (Phi) is 8.41. The molecule has 2 amide bonds. The molecule has 0 aromatic heterocycles. The third-order valence-corrected chi connectivity index (χ3v) is 4.46. The number of thiocarbonyl (C=S) groups is 1. The molecule has 2 rings (SSSR count). The van der Waals surface area contributed by atoms with Gasteiger partial charge in [0.2, 0.25) is 0 Å². The van der Waals surface area contributed by atoms with Gasteiger partial charge in [-0.25, -0.2) is 0 Å². The molecule has 0 atom stereocenters. The van der Waals surface area contributed by atoms with E-state index in [9.17, 15) is 9.59 Å². The summed E-state index contributed by atoms with van der Waals surface area (Å²) in [6.45, 7) is 4.68. The van der Waals surface area contributed by atoms with Crippen LogP contribution in [0.15, 0.2) is 46.9 Å². The van der Waals surface area contributed by atoms with E-state index in [1.165, 1.54) is 0 Å². The predicted octanol–water partition coefficient (Wildman–Crippen LogP) is 3.44. The topological polar surface area (TPSA) is 88.7 Å². The third kappa shape index (κ3) is 7.03. The maximum absolute atomic E-state index is 12.3. The Morgan fingerprint density at radius 1 is 1.03 bits per heavy atom. The van der Waals surface area contributed by atoms with E-state index < -0.39 is 11.8 Å². The Morgan fingerprint density at radius 2 is 1.69 bits per heavy atom. The molecule has 0 radical (unpaired) electrons. The molecular formula is C20H22BrN3O4S. The largest absolute Gasteiger partial charge is 0.497 e. The smallest absolute Gasteiger partial charge is 0.269 e. The van der Waals surface area contributed by atoms with E-state index in [2.05, 4.69) is 45.9 Å². The van der Waals surface area contributed by atoms with Crippen molar-refractivity contribution in [1.82, 2.24) is 16.2 Å². The zero-order valence-electron chi connectivity index (χ0n) is 16.2. The average molecular weight is 480 g/mol. The van der Waals surface area contributed by atoms with Crippen LogP contribution in [-0.2, 0) is 0 Å². The number of amides is 2. The molecule has 3 N–H and O–H groups in total. The van der Waals surface area contributed by atoms with Crippen LogP contribution in [-0.4, -0.2) is 30.6 Å². The molecule has 0 unspecified atom stereocenters. The van der Waals surface area contributed by atoms with Gasteiger partial charge in [0, 0.05) is 11.1 Å². The molecule has 2 aromatic rings. The van der Waals surface area contributed by atoms with Crippen molar-refractivity contribution in [1.29, 1.82) is 0 Å². The summed E-state index contributed by atoms with van der Waals surface area (Å²) >= 11 is 8.45. The highest BCUT2D eigenvalue weighted by Gasteiger charge is 2.12. The third-order valence-electron chi connectivity index (χ3n) is 3.64. The minimum absolute atomic E-state index is 0.0341. The van der Waals surface area contributed by atoms with Crippen LogP contribution in [0.5, 0.6) is 11.5 Å². The molecule has 0 spiro atoms. The summed E-state index contributed by atoms with van der Waals surface area (Å²) in [5.74, 6) is 0.865. The molecule has 9 heteroatoms. The van der Waals surface area contributed by atoms with E-state index in [-0.39, 0.29) is 5.11 Å². The first-order valence-electron chi connectivity index (χ1n) is 8.78. The van der Waals surface area contributed by atoms with E-state index in [4.69, 9.17) is 21.7 Å². The molecule has 0 aliphatic carbocycles. The Hall–Kier alpha value is -2.65. The van der Waals surface area contributed by atoms with Crippen LogP contribution in [0.1, 0.15) is 34.6 Å². The first-order valence-corrected chi connectivity index (χ1v) is 9.98. The number of hydrogen-bond acceptors (Lipinski definition) is 5. The highest BCUT2D eigenvalue weighted by atomic mass is 79.9. The van der Waals surface area contributed by atoms with Gasteiger partial charge in [-0.05, 0) is 76.5 Å². The number of hydrogen-bond donors (Lipinski definition) is 3. The highest BCUT2D eigenvalue weighted by molar-refractivity contribution is 9.10. The molecule has 0 heterocycles. The molecule has 0 fully saturated rings. The van der Waals surface area contributed by atoms with Gasteiger partial charge in [-0.3, -0.25) is 25.8 Å². The van der Waals surface area contributed by atoms with Crippen LogP contribution in [0, 0.1) is 5.92 Å². The number of ether oxygens (including phenoxy) is 2. The molecule has 154 valence electrons. The molecule has 0 bridgehead atoms. The van der Waals surface area contributed by atoms with E-state index in [0.29, 0.717) is 39.6 Å². The maximum Gasteiger partial charge on any atom is 0.269 e. The maximum atomic E-state index is 12.3. The lowest BCUT2D eigenvalue weighted by Gasteiger charge is -2.13. The van der Waals surface area contributed by atoms with Gasteiger partial charge >= 0.3 is 0 Å². The van der Waals surface area contributed by atoms with Crippen molar-refractivity contribution in [2.75, 3.05) is 13.7 Å². The quantitative estimate of drug-likeness (QED) is 0.434. The van der Waals surface area contributed by atoms with Crippen molar-refractivity contribution in [2.45, 2.75) is 13.8 Å². The standard InChI is InChI=1S/C20H22BrN3O4S/c1-12(2)11-28-17-9-6-14(10-16(17)21)18(25)22-20(29)24-23-19(26)13-4-7-15(27-3)8-5-13/h4-10,12H,11H2,1-3H3,(H,23,26)(H2,22,24,25,29). The van der Waals surface area contributed by atoms with Crippen LogP contribution >= 0.6 is 28.1 Å². The number of methoxy groups -OCH3 is 1. The van der Waals surface area contributed by atoms with E-state index >= 15 is 0 Å². The first-order chi connectivity index (χ1) is 13.8. The van der Waals surface area contributed by atoms with Gasteiger partial charge in [-0.15, -0.1) is 0 Å². The molecule has 29 heavy (non-hydrogen) atoms. The molecule has 2 aromatic carbocycles. The monoisotopic (exact) mass is 479 g/mol. The van der Waals surface area contributed by atoms with Crippen molar-refractivity contribution < 1.29 is 19.1 Å². The molecule has 0 saturated heterocycles. The Balaban J connectivity index is 1.87. The summed E-state index contributed by atoms with van der Waals surface area (Å²) in [4.78, 5) is 24.4. The van der Waals surface area contributed by atoms with Crippen molar-refractivity contribution in [2.24, 2.45) is 5.92 Å². The lowest BCUT2D eigenvalue weighted by molar-refractivity contribution is 0.0934. The summed E-state index contributed by atoms with van der Waals surface area (Å²) < 4.78 is 11.4. The first kappa shape index (κ1) is 22.6. The number of rotatable bonds is 6. The SMILES string of the molecule is COc1ccc(C(=O)NNC(=S)NC(=O)c2ccc(OCC(C)C)c(Br)c2)cc1. The fourth-order valence-corrected chi connectivity index (χ4v) is 2.79. The lowest BCUT2D eigenvalue weighted by atomic mass is 10.2. The van der Waals surface area contributed by atoms with Crippen molar-refractivity contribution in [3.8, 4) is 11.5 Å². The van der Waals surface area contributed by atoms with Gasteiger partial charge in [0.1, 0.15) is 11.5 Å². The number of carbonyl (C=O) groups excluding carboxylic acids is 2. The molecular weight excluding hydrogens is 458 g/mol.